The Morgan fingerprint density at radius 1 is 1.06 bits per heavy atom. The topological polar surface area (TPSA) is 46.2 Å². The first-order valence-corrected chi connectivity index (χ1v) is 4.85. The molecule has 0 aliphatic heterocycles. The minimum atomic E-state index is -2.70. The van der Waals surface area contributed by atoms with Crippen molar-refractivity contribution in [2.24, 2.45) is 5.73 Å². The van der Waals surface area contributed by atoms with E-state index in [-0.39, 0.29) is 11.3 Å². The number of hydrogen-bond donors (Lipinski definition) is 2. The normalized spacial score (nSPS) is 13.2. The zero-order valence-corrected chi connectivity index (χ0v) is 8.40. The van der Waals surface area contributed by atoms with Crippen molar-refractivity contribution >= 4 is 10.8 Å². The van der Waals surface area contributed by atoms with E-state index in [4.69, 9.17) is 5.73 Å². The molecule has 0 aliphatic rings. The number of rotatable bonds is 2. The highest BCUT2D eigenvalue weighted by Crippen LogP contribution is 2.33. The van der Waals surface area contributed by atoms with Gasteiger partial charge in [-0.15, -0.1) is 0 Å². The number of aromatic hydroxyl groups is 1. The minimum absolute atomic E-state index is 0.105. The van der Waals surface area contributed by atoms with Crippen LogP contribution in [0.3, 0.4) is 0 Å². The van der Waals surface area contributed by atoms with Crippen LogP contribution in [0.4, 0.5) is 8.78 Å². The van der Waals surface area contributed by atoms with Crippen LogP contribution in [0.2, 0.25) is 0 Å². The van der Waals surface area contributed by atoms with Crippen molar-refractivity contribution in [2.75, 3.05) is 0 Å². The van der Waals surface area contributed by atoms with Crippen LogP contribution >= 0.6 is 0 Å². The summed E-state index contributed by atoms with van der Waals surface area (Å²) in [7, 11) is 0. The van der Waals surface area contributed by atoms with Crippen molar-refractivity contribution in [3.05, 3.63) is 42.0 Å². The molecule has 2 nitrogen and oxygen atoms in total. The largest absolute Gasteiger partial charge is 0.508 e. The number of phenols is 1. The summed E-state index contributed by atoms with van der Waals surface area (Å²) in [6.07, 6.45) is -2.70. The summed E-state index contributed by atoms with van der Waals surface area (Å²) in [5, 5.41) is 11.0. The van der Waals surface area contributed by atoms with E-state index in [1.54, 1.807) is 30.3 Å². The van der Waals surface area contributed by atoms with Gasteiger partial charge in [-0.2, -0.15) is 0 Å². The highest BCUT2D eigenvalue weighted by molar-refractivity contribution is 5.88. The van der Waals surface area contributed by atoms with E-state index in [1.807, 2.05) is 0 Å². The minimum Gasteiger partial charge on any atom is -0.508 e. The lowest BCUT2D eigenvalue weighted by Crippen LogP contribution is -2.19. The van der Waals surface area contributed by atoms with Gasteiger partial charge < -0.3 is 10.8 Å². The Labute approximate surface area is 91.3 Å². The number of hydrogen-bond acceptors (Lipinski definition) is 2. The third kappa shape index (κ3) is 1.72. The molecule has 16 heavy (non-hydrogen) atoms. The molecule has 3 N–H and O–H groups in total. The van der Waals surface area contributed by atoms with Gasteiger partial charge in [0.1, 0.15) is 5.75 Å². The van der Waals surface area contributed by atoms with Crippen LogP contribution in [-0.4, -0.2) is 11.5 Å². The molecule has 2 rings (SSSR count). The SMILES string of the molecule is N[C@@H](c1c(O)ccc2ccccc12)C(F)F. The average molecular weight is 223 g/mol. The summed E-state index contributed by atoms with van der Waals surface area (Å²) in [4.78, 5) is 0. The maximum atomic E-state index is 12.6. The van der Waals surface area contributed by atoms with Crippen molar-refractivity contribution < 1.29 is 13.9 Å². The van der Waals surface area contributed by atoms with E-state index < -0.39 is 12.5 Å². The first kappa shape index (κ1) is 10.8. The molecule has 0 aromatic heterocycles. The molecule has 4 heteroatoms. The fourth-order valence-corrected chi connectivity index (χ4v) is 1.76. The van der Waals surface area contributed by atoms with E-state index >= 15 is 0 Å². The summed E-state index contributed by atoms with van der Waals surface area (Å²) >= 11 is 0. The van der Waals surface area contributed by atoms with Crippen molar-refractivity contribution in [3.8, 4) is 5.75 Å². The highest BCUT2D eigenvalue weighted by Gasteiger charge is 2.22. The van der Waals surface area contributed by atoms with Gasteiger partial charge in [0.05, 0.1) is 6.04 Å². The third-order valence-corrected chi connectivity index (χ3v) is 2.55. The van der Waals surface area contributed by atoms with Crippen LogP contribution in [0.25, 0.3) is 10.8 Å². The molecule has 0 aliphatic carbocycles. The van der Waals surface area contributed by atoms with Crippen LogP contribution in [-0.2, 0) is 0 Å². The van der Waals surface area contributed by atoms with Gasteiger partial charge in [-0.05, 0) is 16.8 Å². The lowest BCUT2D eigenvalue weighted by molar-refractivity contribution is 0.116. The Balaban J connectivity index is 2.70. The van der Waals surface area contributed by atoms with Crippen molar-refractivity contribution in [1.82, 2.24) is 0 Å². The predicted molar refractivity (Wildman–Crippen MR) is 58.5 cm³/mol. The molecule has 0 spiro atoms. The van der Waals surface area contributed by atoms with Crippen molar-refractivity contribution in [3.63, 3.8) is 0 Å². The quantitative estimate of drug-likeness (QED) is 0.822. The number of fused-ring (bicyclic) bond motifs is 1. The van der Waals surface area contributed by atoms with Gasteiger partial charge in [0.15, 0.2) is 0 Å². The number of phenolic OH excluding ortho intramolecular Hbond substituents is 1. The number of benzene rings is 2. The zero-order valence-electron chi connectivity index (χ0n) is 8.40. The fraction of sp³-hybridized carbons (Fsp3) is 0.167. The van der Waals surface area contributed by atoms with Crippen LogP contribution < -0.4 is 5.73 Å². The molecule has 1 atom stereocenters. The van der Waals surface area contributed by atoms with E-state index in [0.717, 1.165) is 5.39 Å². The standard InChI is InChI=1S/C12H11F2NO/c13-12(14)11(15)10-8-4-2-1-3-7(8)5-6-9(10)16/h1-6,11-12,16H,15H2/t11-/m0/s1. The van der Waals surface area contributed by atoms with Crippen LogP contribution in [0.15, 0.2) is 36.4 Å². The summed E-state index contributed by atoms with van der Waals surface area (Å²) in [6, 6.07) is 8.58. The van der Waals surface area contributed by atoms with Gasteiger partial charge in [0, 0.05) is 5.56 Å². The Bertz CT molecular complexity index is 513. The molecule has 0 bridgehead atoms. The van der Waals surface area contributed by atoms with Gasteiger partial charge in [-0.3, -0.25) is 0 Å². The number of nitrogens with two attached hydrogens (primary N) is 1. The summed E-state index contributed by atoms with van der Waals surface area (Å²) < 4.78 is 25.2. The third-order valence-electron chi connectivity index (χ3n) is 2.55. The van der Waals surface area contributed by atoms with E-state index in [2.05, 4.69) is 0 Å². The molecular weight excluding hydrogens is 212 g/mol. The molecule has 84 valence electrons. The molecule has 0 saturated carbocycles. The smallest absolute Gasteiger partial charge is 0.257 e. The van der Waals surface area contributed by atoms with Crippen LogP contribution in [0.5, 0.6) is 5.75 Å². The maximum absolute atomic E-state index is 12.6. The van der Waals surface area contributed by atoms with Crippen LogP contribution in [0.1, 0.15) is 11.6 Å². The molecular formula is C12H11F2NO. The zero-order chi connectivity index (χ0) is 11.7. The lowest BCUT2D eigenvalue weighted by Gasteiger charge is -2.15. The predicted octanol–water partition coefficient (Wildman–Crippen LogP) is 2.81. The second-order valence-corrected chi connectivity index (χ2v) is 3.58. The summed E-state index contributed by atoms with van der Waals surface area (Å²) in [6.45, 7) is 0. The van der Waals surface area contributed by atoms with Gasteiger partial charge in [0.2, 0.25) is 0 Å². The number of alkyl halides is 2. The highest BCUT2D eigenvalue weighted by atomic mass is 19.3. The molecule has 0 unspecified atom stereocenters. The Morgan fingerprint density at radius 3 is 2.44 bits per heavy atom. The monoisotopic (exact) mass is 223 g/mol. The molecule has 0 heterocycles. The Morgan fingerprint density at radius 2 is 1.75 bits per heavy atom. The first-order chi connectivity index (χ1) is 7.61. The Kier molecular flexibility index (Phi) is 2.75. The van der Waals surface area contributed by atoms with E-state index in [9.17, 15) is 13.9 Å². The lowest BCUT2D eigenvalue weighted by atomic mass is 9.98. The molecule has 0 amide bonds. The van der Waals surface area contributed by atoms with Crippen molar-refractivity contribution in [2.45, 2.75) is 12.5 Å². The second kappa shape index (κ2) is 4.06. The Hall–Kier alpha value is -1.68. The maximum Gasteiger partial charge on any atom is 0.257 e. The fourth-order valence-electron chi connectivity index (χ4n) is 1.76. The summed E-state index contributed by atoms with van der Waals surface area (Å²) in [5.74, 6) is -0.188. The molecule has 0 radical (unpaired) electrons. The number of halogens is 2. The van der Waals surface area contributed by atoms with E-state index in [0.29, 0.717) is 5.39 Å². The molecule has 0 fully saturated rings. The van der Waals surface area contributed by atoms with Gasteiger partial charge >= 0.3 is 0 Å². The van der Waals surface area contributed by atoms with Gasteiger partial charge in [0.25, 0.3) is 6.43 Å². The second-order valence-electron chi connectivity index (χ2n) is 3.58. The average Bonchev–Trinajstić information content (AvgIpc) is 2.28. The van der Waals surface area contributed by atoms with Crippen LogP contribution in [0, 0.1) is 0 Å². The molecule has 0 saturated heterocycles. The van der Waals surface area contributed by atoms with Crippen molar-refractivity contribution in [1.29, 1.82) is 0 Å². The summed E-state index contributed by atoms with van der Waals surface area (Å²) in [5.41, 5.74) is 5.50. The van der Waals surface area contributed by atoms with Gasteiger partial charge in [-0.1, -0.05) is 30.3 Å². The molecule has 2 aromatic rings. The van der Waals surface area contributed by atoms with Gasteiger partial charge in [-0.25, -0.2) is 8.78 Å². The molecule has 2 aromatic carbocycles. The first-order valence-electron chi connectivity index (χ1n) is 4.85. The van der Waals surface area contributed by atoms with E-state index in [1.165, 1.54) is 6.07 Å².